The molecule has 3 heterocycles. The van der Waals surface area contributed by atoms with Crippen molar-refractivity contribution in [3.05, 3.63) is 24.0 Å². The van der Waals surface area contributed by atoms with Crippen LogP contribution in [0, 0.1) is 0 Å². The van der Waals surface area contributed by atoms with E-state index in [-0.39, 0.29) is 17.9 Å². The number of rotatable bonds is 4. The zero-order valence-electron chi connectivity index (χ0n) is 15.0. The maximum Gasteiger partial charge on any atom is 0.236 e. The van der Waals surface area contributed by atoms with Crippen LogP contribution in [0.5, 0.6) is 5.75 Å². The number of methoxy groups -OCH3 is 1. The molecule has 2 saturated heterocycles. The maximum absolute atomic E-state index is 12.6. The van der Waals surface area contributed by atoms with Gasteiger partial charge >= 0.3 is 0 Å². The Labute approximate surface area is 148 Å². The molecule has 2 amide bonds. The quantitative estimate of drug-likeness (QED) is 0.811. The van der Waals surface area contributed by atoms with Crippen LogP contribution in [0.3, 0.4) is 0 Å². The van der Waals surface area contributed by atoms with Crippen LogP contribution in [0.25, 0.3) is 0 Å². The molecule has 0 bridgehead atoms. The predicted molar refractivity (Wildman–Crippen MR) is 93.2 cm³/mol. The lowest BCUT2D eigenvalue weighted by molar-refractivity contribution is -0.139. The molecule has 3 rings (SSSR count). The van der Waals surface area contributed by atoms with Crippen molar-refractivity contribution in [2.75, 3.05) is 46.4 Å². The van der Waals surface area contributed by atoms with Crippen LogP contribution in [0.15, 0.2) is 18.3 Å². The number of amides is 2. The number of piperazine rings is 1. The molecule has 2 aliphatic heterocycles. The van der Waals surface area contributed by atoms with Crippen LogP contribution in [0.4, 0.5) is 0 Å². The molecule has 2 aliphatic rings. The van der Waals surface area contributed by atoms with E-state index < -0.39 is 0 Å². The third-order valence-corrected chi connectivity index (χ3v) is 5.12. The lowest BCUT2D eigenvalue weighted by Crippen LogP contribution is -2.52. The average Bonchev–Trinajstić information content (AvgIpc) is 3.10. The highest BCUT2D eigenvalue weighted by Crippen LogP contribution is 2.31. The van der Waals surface area contributed by atoms with Gasteiger partial charge in [-0.25, -0.2) is 0 Å². The molecule has 1 aromatic rings. The highest BCUT2D eigenvalue weighted by molar-refractivity contribution is 5.79. The second-order valence-corrected chi connectivity index (χ2v) is 6.64. The minimum atomic E-state index is 0.0808. The van der Waals surface area contributed by atoms with Crippen LogP contribution < -0.4 is 4.74 Å². The number of hydrogen-bond donors (Lipinski definition) is 0. The third-order valence-electron chi connectivity index (χ3n) is 5.12. The molecular formula is C18H26N4O3. The molecule has 136 valence electrons. The third kappa shape index (κ3) is 4.10. The Balaban J connectivity index is 1.57. The number of hydrogen-bond acceptors (Lipinski definition) is 5. The maximum atomic E-state index is 12.6. The van der Waals surface area contributed by atoms with Gasteiger partial charge in [0.1, 0.15) is 5.75 Å². The Hall–Kier alpha value is -2.15. The number of carbonyl (C=O) groups is 2. The van der Waals surface area contributed by atoms with E-state index in [9.17, 15) is 9.59 Å². The van der Waals surface area contributed by atoms with E-state index in [1.807, 2.05) is 17.0 Å². The molecule has 0 aliphatic carbocycles. The zero-order chi connectivity index (χ0) is 17.8. The Morgan fingerprint density at radius 2 is 1.88 bits per heavy atom. The number of nitrogens with zero attached hydrogens (tertiary/aromatic N) is 4. The van der Waals surface area contributed by atoms with Gasteiger partial charge in [0.2, 0.25) is 11.8 Å². The standard InChI is InChI=1S/C18H26N4O3/c1-14(23)20-8-10-21(11-9-20)18(24)13-22-7-3-4-17(22)16-6-5-15(25-2)12-19-16/h5-6,12,17H,3-4,7-11,13H2,1-2H3. The minimum Gasteiger partial charge on any atom is -0.495 e. The fourth-order valence-corrected chi connectivity index (χ4v) is 3.60. The summed E-state index contributed by atoms with van der Waals surface area (Å²) in [5.41, 5.74) is 0.993. The molecule has 0 radical (unpaired) electrons. The van der Waals surface area contributed by atoms with Crippen molar-refractivity contribution in [2.24, 2.45) is 0 Å². The molecule has 25 heavy (non-hydrogen) atoms. The normalized spacial score (nSPS) is 21.4. The van der Waals surface area contributed by atoms with Gasteiger partial charge in [0.25, 0.3) is 0 Å². The van der Waals surface area contributed by atoms with Crippen molar-refractivity contribution in [3.63, 3.8) is 0 Å². The monoisotopic (exact) mass is 346 g/mol. The zero-order valence-corrected chi connectivity index (χ0v) is 15.0. The van der Waals surface area contributed by atoms with E-state index in [1.54, 1.807) is 25.1 Å². The van der Waals surface area contributed by atoms with E-state index >= 15 is 0 Å². The summed E-state index contributed by atoms with van der Waals surface area (Å²) in [4.78, 5) is 34.4. The van der Waals surface area contributed by atoms with Crippen LogP contribution in [-0.2, 0) is 9.59 Å². The molecule has 7 heteroatoms. The minimum absolute atomic E-state index is 0.0808. The van der Waals surface area contributed by atoms with Gasteiger partial charge in [0, 0.05) is 33.1 Å². The Morgan fingerprint density at radius 1 is 1.16 bits per heavy atom. The summed E-state index contributed by atoms with van der Waals surface area (Å²) in [6.07, 6.45) is 3.82. The van der Waals surface area contributed by atoms with Gasteiger partial charge in [-0.3, -0.25) is 19.5 Å². The van der Waals surface area contributed by atoms with Crippen molar-refractivity contribution >= 4 is 11.8 Å². The molecule has 2 fully saturated rings. The molecule has 0 spiro atoms. The van der Waals surface area contributed by atoms with Gasteiger partial charge in [-0.2, -0.15) is 0 Å². The van der Waals surface area contributed by atoms with Gasteiger partial charge < -0.3 is 14.5 Å². The van der Waals surface area contributed by atoms with Crippen molar-refractivity contribution in [3.8, 4) is 5.75 Å². The van der Waals surface area contributed by atoms with Crippen LogP contribution in [0.2, 0.25) is 0 Å². The SMILES string of the molecule is COc1ccc(C2CCCN2CC(=O)N2CCN(C(C)=O)CC2)nc1. The number of carbonyl (C=O) groups excluding carboxylic acids is 2. The van der Waals surface area contributed by atoms with Crippen LogP contribution in [0.1, 0.15) is 31.5 Å². The summed E-state index contributed by atoms with van der Waals surface area (Å²) in [5, 5.41) is 0. The Kier molecular flexibility index (Phi) is 5.53. The summed E-state index contributed by atoms with van der Waals surface area (Å²) in [7, 11) is 1.63. The van der Waals surface area contributed by atoms with Crippen molar-refractivity contribution in [1.29, 1.82) is 0 Å². The lowest BCUT2D eigenvalue weighted by Gasteiger charge is -2.35. The van der Waals surface area contributed by atoms with Gasteiger partial charge in [0.05, 0.1) is 31.6 Å². The second kappa shape index (κ2) is 7.82. The van der Waals surface area contributed by atoms with Crippen LogP contribution >= 0.6 is 0 Å². The van der Waals surface area contributed by atoms with E-state index in [4.69, 9.17) is 4.74 Å². The van der Waals surface area contributed by atoms with E-state index in [0.717, 1.165) is 30.8 Å². The molecule has 0 aromatic carbocycles. The first-order chi connectivity index (χ1) is 12.1. The lowest BCUT2D eigenvalue weighted by atomic mass is 10.1. The Morgan fingerprint density at radius 3 is 2.48 bits per heavy atom. The molecular weight excluding hydrogens is 320 g/mol. The summed E-state index contributed by atoms with van der Waals surface area (Å²) in [6, 6.07) is 4.09. The van der Waals surface area contributed by atoms with E-state index in [0.29, 0.717) is 32.7 Å². The van der Waals surface area contributed by atoms with Crippen molar-refractivity contribution in [1.82, 2.24) is 19.7 Å². The van der Waals surface area contributed by atoms with Gasteiger partial charge in [-0.15, -0.1) is 0 Å². The first-order valence-electron chi connectivity index (χ1n) is 8.86. The first kappa shape index (κ1) is 17.7. The molecule has 7 nitrogen and oxygen atoms in total. The predicted octanol–water partition coefficient (Wildman–Crippen LogP) is 0.918. The van der Waals surface area contributed by atoms with Gasteiger partial charge in [-0.05, 0) is 31.5 Å². The topological polar surface area (TPSA) is 66.0 Å². The van der Waals surface area contributed by atoms with E-state index in [1.165, 1.54) is 0 Å². The fourth-order valence-electron chi connectivity index (χ4n) is 3.60. The molecule has 0 N–H and O–H groups in total. The number of pyridine rings is 1. The smallest absolute Gasteiger partial charge is 0.236 e. The van der Waals surface area contributed by atoms with Gasteiger partial charge in [0.15, 0.2) is 0 Å². The highest BCUT2D eigenvalue weighted by Gasteiger charge is 2.31. The van der Waals surface area contributed by atoms with Gasteiger partial charge in [-0.1, -0.05) is 0 Å². The summed E-state index contributed by atoms with van der Waals surface area (Å²) in [5.74, 6) is 0.966. The fraction of sp³-hybridized carbons (Fsp3) is 0.611. The number of aromatic nitrogens is 1. The van der Waals surface area contributed by atoms with Crippen LogP contribution in [-0.4, -0.2) is 77.9 Å². The summed E-state index contributed by atoms with van der Waals surface area (Å²) in [6.45, 7) is 5.41. The number of ether oxygens (including phenoxy) is 1. The number of likely N-dealkylation sites (tertiary alicyclic amines) is 1. The molecule has 0 saturated carbocycles. The summed E-state index contributed by atoms with van der Waals surface area (Å²) >= 11 is 0. The molecule has 1 aromatic heterocycles. The summed E-state index contributed by atoms with van der Waals surface area (Å²) < 4.78 is 5.16. The van der Waals surface area contributed by atoms with Crippen molar-refractivity contribution < 1.29 is 14.3 Å². The second-order valence-electron chi connectivity index (χ2n) is 6.64. The molecule has 1 atom stereocenters. The van der Waals surface area contributed by atoms with E-state index in [2.05, 4.69) is 9.88 Å². The first-order valence-corrected chi connectivity index (χ1v) is 8.86. The highest BCUT2D eigenvalue weighted by atomic mass is 16.5. The molecule has 1 unspecified atom stereocenters. The largest absolute Gasteiger partial charge is 0.495 e. The Bertz CT molecular complexity index is 611. The average molecular weight is 346 g/mol. The van der Waals surface area contributed by atoms with Crippen molar-refractivity contribution in [2.45, 2.75) is 25.8 Å².